The molecule has 0 bridgehead atoms. The molecule has 7 heteroatoms. The Morgan fingerprint density at radius 1 is 1.18 bits per heavy atom. The summed E-state index contributed by atoms with van der Waals surface area (Å²) in [4.78, 5) is 28.4. The topological polar surface area (TPSA) is 49.4 Å². The Morgan fingerprint density at radius 3 is 2.50 bits per heavy atom. The Bertz CT molecular complexity index is 776. The zero-order chi connectivity index (χ0) is 19.9. The number of alkyl halides is 1. The van der Waals surface area contributed by atoms with Gasteiger partial charge in [0.15, 0.2) is 0 Å². The number of halogens is 2. The van der Waals surface area contributed by atoms with Gasteiger partial charge < -0.3 is 10.2 Å². The molecule has 1 aromatic heterocycles. The van der Waals surface area contributed by atoms with Gasteiger partial charge >= 0.3 is 0 Å². The van der Waals surface area contributed by atoms with Crippen molar-refractivity contribution in [3.8, 4) is 0 Å². The summed E-state index contributed by atoms with van der Waals surface area (Å²) in [5.74, 6) is -1.18. The van der Waals surface area contributed by atoms with E-state index in [4.69, 9.17) is 11.6 Å². The van der Waals surface area contributed by atoms with E-state index >= 15 is 0 Å². The Morgan fingerprint density at radius 2 is 1.89 bits per heavy atom. The molecule has 2 amide bonds. The Labute approximate surface area is 173 Å². The average Bonchev–Trinajstić information content (AvgIpc) is 3.22. The smallest absolute Gasteiger partial charge is 0.247 e. The van der Waals surface area contributed by atoms with E-state index in [2.05, 4.69) is 5.32 Å². The fraction of sp³-hybridized carbons (Fsp3) is 0.429. The standard InChI is InChI=1S/C21H24ClFN2O2S/c22-13-19(26)25(14-18-7-4-12-28-18)20(15-8-10-16(23)11-9-15)21(27)24-17-5-2-1-3-6-17/h4,7-12,17,20H,1-3,5-6,13-14H2,(H,24,27). The lowest BCUT2D eigenvalue weighted by molar-refractivity contribution is -0.140. The number of amides is 2. The van der Waals surface area contributed by atoms with Crippen LogP contribution in [0.15, 0.2) is 41.8 Å². The first-order chi connectivity index (χ1) is 13.6. The Kier molecular flexibility index (Phi) is 7.45. The third-order valence-corrected chi connectivity index (χ3v) is 6.13. The summed E-state index contributed by atoms with van der Waals surface area (Å²) in [6.45, 7) is 0.281. The molecule has 1 aliphatic rings. The first-order valence-electron chi connectivity index (χ1n) is 9.52. The fourth-order valence-corrected chi connectivity index (χ4v) is 4.47. The highest BCUT2D eigenvalue weighted by molar-refractivity contribution is 7.09. The molecule has 1 aromatic carbocycles. The Hall–Kier alpha value is -1.92. The monoisotopic (exact) mass is 422 g/mol. The quantitative estimate of drug-likeness (QED) is 0.660. The summed E-state index contributed by atoms with van der Waals surface area (Å²) in [5.41, 5.74) is 0.574. The van der Waals surface area contributed by atoms with Gasteiger partial charge in [0.2, 0.25) is 11.8 Å². The summed E-state index contributed by atoms with van der Waals surface area (Å²) < 4.78 is 13.5. The van der Waals surface area contributed by atoms with E-state index in [1.165, 1.54) is 34.8 Å². The largest absolute Gasteiger partial charge is 0.351 e. The lowest BCUT2D eigenvalue weighted by Crippen LogP contribution is -2.47. The molecule has 2 aromatic rings. The number of nitrogens with zero attached hydrogens (tertiary/aromatic N) is 1. The van der Waals surface area contributed by atoms with Gasteiger partial charge in [-0.2, -0.15) is 0 Å². The maximum Gasteiger partial charge on any atom is 0.247 e. The number of thiophene rings is 1. The summed E-state index contributed by atoms with van der Waals surface area (Å²) in [7, 11) is 0. The van der Waals surface area contributed by atoms with E-state index in [0.29, 0.717) is 5.56 Å². The van der Waals surface area contributed by atoms with Gasteiger partial charge in [0.05, 0.1) is 6.54 Å². The highest BCUT2D eigenvalue weighted by Gasteiger charge is 2.32. The number of rotatable bonds is 7. The van der Waals surface area contributed by atoms with Gasteiger partial charge in [-0.25, -0.2) is 4.39 Å². The van der Waals surface area contributed by atoms with Crippen molar-refractivity contribution in [1.82, 2.24) is 10.2 Å². The van der Waals surface area contributed by atoms with Crippen LogP contribution in [0.25, 0.3) is 0 Å². The number of nitrogens with one attached hydrogen (secondary N) is 1. The second-order valence-corrected chi connectivity index (χ2v) is 8.33. The average molecular weight is 423 g/mol. The minimum absolute atomic E-state index is 0.110. The number of carbonyl (C=O) groups excluding carboxylic acids is 2. The van der Waals surface area contributed by atoms with Crippen molar-refractivity contribution in [3.05, 3.63) is 58.0 Å². The molecule has 1 unspecified atom stereocenters. The summed E-state index contributed by atoms with van der Waals surface area (Å²) in [6, 6.07) is 8.82. The molecule has 1 atom stereocenters. The van der Waals surface area contributed by atoms with Crippen LogP contribution in [0.3, 0.4) is 0 Å². The Balaban J connectivity index is 1.90. The van der Waals surface area contributed by atoms with Crippen LogP contribution in [0.1, 0.15) is 48.6 Å². The number of hydrogen-bond donors (Lipinski definition) is 1. The molecular formula is C21H24ClFN2O2S. The van der Waals surface area contributed by atoms with E-state index in [-0.39, 0.29) is 36.1 Å². The first kappa shape index (κ1) is 20.8. The highest BCUT2D eigenvalue weighted by atomic mass is 35.5. The minimum Gasteiger partial charge on any atom is -0.351 e. The summed E-state index contributed by atoms with van der Waals surface area (Å²) >= 11 is 7.37. The van der Waals surface area contributed by atoms with Crippen LogP contribution in [0.4, 0.5) is 4.39 Å². The molecule has 0 aliphatic heterocycles. The van der Waals surface area contributed by atoms with Crippen LogP contribution in [0.5, 0.6) is 0 Å². The number of benzene rings is 1. The van der Waals surface area contributed by atoms with Crippen molar-refractivity contribution in [2.45, 2.75) is 50.7 Å². The second-order valence-electron chi connectivity index (χ2n) is 7.03. The zero-order valence-electron chi connectivity index (χ0n) is 15.6. The maximum atomic E-state index is 13.5. The minimum atomic E-state index is -0.851. The van der Waals surface area contributed by atoms with Crippen molar-refractivity contribution in [1.29, 1.82) is 0 Å². The van der Waals surface area contributed by atoms with Gasteiger partial charge in [0.1, 0.15) is 17.7 Å². The first-order valence-corrected chi connectivity index (χ1v) is 10.9. The van der Waals surface area contributed by atoms with E-state index in [9.17, 15) is 14.0 Å². The van der Waals surface area contributed by atoms with Crippen LogP contribution < -0.4 is 5.32 Å². The van der Waals surface area contributed by atoms with Gasteiger partial charge in [-0.05, 0) is 42.0 Å². The van der Waals surface area contributed by atoms with Crippen molar-refractivity contribution in [2.24, 2.45) is 0 Å². The zero-order valence-corrected chi connectivity index (χ0v) is 17.1. The lowest BCUT2D eigenvalue weighted by Gasteiger charge is -2.33. The molecule has 28 heavy (non-hydrogen) atoms. The molecule has 1 saturated carbocycles. The molecular weight excluding hydrogens is 399 g/mol. The van der Waals surface area contributed by atoms with Gasteiger partial charge in [0.25, 0.3) is 0 Å². The molecule has 1 aliphatic carbocycles. The van der Waals surface area contributed by atoms with Crippen LogP contribution in [-0.4, -0.2) is 28.6 Å². The van der Waals surface area contributed by atoms with Crippen molar-refractivity contribution < 1.29 is 14.0 Å². The third kappa shape index (κ3) is 5.32. The van der Waals surface area contributed by atoms with Gasteiger partial charge in [-0.15, -0.1) is 22.9 Å². The van der Waals surface area contributed by atoms with Gasteiger partial charge in [-0.3, -0.25) is 9.59 Å². The predicted molar refractivity (Wildman–Crippen MR) is 110 cm³/mol. The molecule has 4 nitrogen and oxygen atoms in total. The predicted octanol–water partition coefficient (Wildman–Crippen LogP) is 4.64. The van der Waals surface area contributed by atoms with Crippen molar-refractivity contribution in [2.75, 3.05) is 5.88 Å². The maximum absolute atomic E-state index is 13.5. The normalized spacial score (nSPS) is 15.8. The van der Waals surface area contributed by atoms with E-state index in [1.54, 1.807) is 12.1 Å². The van der Waals surface area contributed by atoms with E-state index in [1.807, 2.05) is 17.5 Å². The van der Waals surface area contributed by atoms with E-state index in [0.717, 1.165) is 30.6 Å². The molecule has 0 radical (unpaired) electrons. The van der Waals surface area contributed by atoms with Gasteiger partial charge in [0, 0.05) is 10.9 Å². The fourth-order valence-electron chi connectivity index (χ4n) is 3.62. The van der Waals surface area contributed by atoms with Crippen LogP contribution in [0.2, 0.25) is 0 Å². The molecule has 0 saturated heterocycles. The van der Waals surface area contributed by atoms with Crippen molar-refractivity contribution in [3.63, 3.8) is 0 Å². The van der Waals surface area contributed by atoms with E-state index < -0.39 is 6.04 Å². The third-order valence-electron chi connectivity index (χ3n) is 5.04. The highest BCUT2D eigenvalue weighted by Crippen LogP contribution is 2.27. The van der Waals surface area contributed by atoms with Crippen LogP contribution in [0, 0.1) is 5.82 Å². The van der Waals surface area contributed by atoms with Crippen molar-refractivity contribution >= 4 is 34.8 Å². The molecule has 1 heterocycles. The van der Waals surface area contributed by atoms with Crippen LogP contribution >= 0.6 is 22.9 Å². The molecule has 150 valence electrons. The summed E-state index contributed by atoms with van der Waals surface area (Å²) in [6.07, 6.45) is 5.24. The number of carbonyl (C=O) groups is 2. The SMILES string of the molecule is O=C(NC1CCCCC1)C(c1ccc(F)cc1)N(Cc1cccs1)C(=O)CCl. The molecule has 1 N–H and O–H groups in total. The molecule has 3 rings (SSSR count). The molecule has 0 spiro atoms. The summed E-state index contributed by atoms with van der Waals surface area (Å²) in [5, 5.41) is 5.03. The number of hydrogen-bond acceptors (Lipinski definition) is 3. The van der Waals surface area contributed by atoms with Crippen LogP contribution in [-0.2, 0) is 16.1 Å². The van der Waals surface area contributed by atoms with Gasteiger partial charge in [-0.1, -0.05) is 37.5 Å². The second kappa shape index (κ2) is 10.0. The molecule has 1 fully saturated rings. The lowest BCUT2D eigenvalue weighted by atomic mass is 9.94.